The Morgan fingerprint density at radius 2 is 1.95 bits per heavy atom. The normalized spacial score (nSPS) is 10.6. The number of nitrogen functional groups attached to an aromatic ring is 1. The molecule has 3 rings (SSSR count). The highest BCUT2D eigenvalue weighted by molar-refractivity contribution is 6.30. The molecule has 1 aromatic heterocycles. The van der Waals surface area contributed by atoms with Crippen LogP contribution in [0.3, 0.4) is 0 Å². The van der Waals surface area contributed by atoms with Gasteiger partial charge in [-0.25, -0.2) is 4.98 Å². The van der Waals surface area contributed by atoms with Crippen molar-refractivity contribution in [3.05, 3.63) is 53.7 Å². The van der Waals surface area contributed by atoms with Crippen molar-refractivity contribution in [1.29, 1.82) is 0 Å². The van der Waals surface area contributed by atoms with E-state index in [1.807, 2.05) is 24.3 Å². The number of pyridine rings is 1. The zero-order valence-corrected chi connectivity index (χ0v) is 12.1. The van der Waals surface area contributed by atoms with E-state index in [-0.39, 0.29) is 0 Å². The summed E-state index contributed by atoms with van der Waals surface area (Å²) in [5.41, 5.74) is 6.40. The average molecular weight is 301 g/mol. The molecule has 0 saturated heterocycles. The zero-order chi connectivity index (χ0) is 14.8. The number of hydrogen-bond donors (Lipinski definition) is 1. The smallest absolute Gasteiger partial charge is 0.227 e. The molecule has 106 valence electrons. The van der Waals surface area contributed by atoms with Crippen molar-refractivity contribution in [2.45, 2.75) is 0 Å². The molecule has 0 fully saturated rings. The molecular formula is C16H13ClN2O2. The summed E-state index contributed by atoms with van der Waals surface area (Å²) < 4.78 is 11.1. The Labute approximate surface area is 127 Å². The SMILES string of the molecule is COc1ccc2ccnc(Oc3cc(Cl)ccc3N)c2c1. The van der Waals surface area contributed by atoms with Crippen LogP contribution in [0, 0.1) is 0 Å². The van der Waals surface area contributed by atoms with Crippen molar-refractivity contribution in [3.63, 3.8) is 0 Å². The van der Waals surface area contributed by atoms with Crippen molar-refractivity contribution >= 4 is 28.1 Å². The van der Waals surface area contributed by atoms with E-state index in [1.54, 1.807) is 31.5 Å². The molecule has 0 radical (unpaired) electrons. The third-order valence-corrected chi connectivity index (χ3v) is 3.35. The predicted molar refractivity (Wildman–Crippen MR) is 84.2 cm³/mol. The van der Waals surface area contributed by atoms with Crippen molar-refractivity contribution in [2.24, 2.45) is 0 Å². The molecule has 0 aliphatic rings. The van der Waals surface area contributed by atoms with Crippen molar-refractivity contribution < 1.29 is 9.47 Å². The third-order valence-electron chi connectivity index (χ3n) is 3.12. The first-order valence-corrected chi connectivity index (χ1v) is 6.71. The predicted octanol–water partition coefficient (Wildman–Crippen LogP) is 4.27. The van der Waals surface area contributed by atoms with Gasteiger partial charge in [-0.3, -0.25) is 0 Å². The first-order chi connectivity index (χ1) is 10.2. The van der Waals surface area contributed by atoms with Crippen LogP contribution < -0.4 is 15.2 Å². The van der Waals surface area contributed by atoms with Gasteiger partial charge in [0.1, 0.15) is 5.75 Å². The molecule has 0 amide bonds. The van der Waals surface area contributed by atoms with Gasteiger partial charge in [-0.05, 0) is 35.7 Å². The van der Waals surface area contributed by atoms with Crippen LogP contribution in [0.15, 0.2) is 48.7 Å². The number of halogens is 1. The fourth-order valence-electron chi connectivity index (χ4n) is 2.03. The highest BCUT2D eigenvalue weighted by atomic mass is 35.5. The summed E-state index contributed by atoms with van der Waals surface area (Å²) in [6, 6.07) is 12.7. The van der Waals surface area contributed by atoms with E-state index >= 15 is 0 Å². The van der Waals surface area contributed by atoms with Gasteiger partial charge >= 0.3 is 0 Å². The quantitative estimate of drug-likeness (QED) is 0.734. The van der Waals surface area contributed by atoms with Gasteiger partial charge in [0.25, 0.3) is 0 Å². The summed E-state index contributed by atoms with van der Waals surface area (Å²) >= 11 is 5.97. The number of aromatic nitrogens is 1. The Kier molecular flexibility index (Phi) is 3.54. The Hall–Kier alpha value is -2.46. The van der Waals surface area contributed by atoms with Gasteiger partial charge in [-0.1, -0.05) is 17.7 Å². The minimum atomic E-state index is 0.459. The molecule has 4 nitrogen and oxygen atoms in total. The lowest BCUT2D eigenvalue weighted by Gasteiger charge is -2.11. The van der Waals surface area contributed by atoms with Gasteiger partial charge in [0, 0.05) is 22.7 Å². The van der Waals surface area contributed by atoms with Crippen LogP contribution in [0.1, 0.15) is 0 Å². The number of methoxy groups -OCH3 is 1. The summed E-state index contributed by atoms with van der Waals surface area (Å²) in [6.45, 7) is 0. The first-order valence-electron chi connectivity index (χ1n) is 6.33. The molecule has 0 unspecified atom stereocenters. The maximum atomic E-state index is 5.97. The van der Waals surface area contributed by atoms with Gasteiger partial charge in [-0.2, -0.15) is 0 Å². The molecule has 2 aromatic carbocycles. The summed E-state index contributed by atoms with van der Waals surface area (Å²) in [7, 11) is 1.62. The molecule has 5 heteroatoms. The fourth-order valence-corrected chi connectivity index (χ4v) is 2.19. The fraction of sp³-hybridized carbons (Fsp3) is 0.0625. The zero-order valence-electron chi connectivity index (χ0n) is 11.3. The first kappa shape index (κ1) is 13.5. The van der Waals surface area contributed by atoms with E-state index < -0.39 is 0 Å². The third kappa shape index (κ3) is 2.71. The number of nitrogens with two attached hydrogens (primary N) is 1. The van der Waals surface area contributed by atoms with E-state index in [0.717, 1.165) is 16.5 Å². The van der Waals surface area contributed by atoms with E-state index in [2.05, 4.69) is 4.98 Å². The minimum Gasteiger partial charge on any atom is -0.497 e. The maximum Gasteiger partial charge on any atom is 0.227 e. The van der Waals surface area contributed by atoms with E-state index in [0.29, 0.717) is 22.3 Å². The van der Waals surface area contributed by atoms with Gasteiger partial charge < -0.3 is 15.2 Å². The number of nitrogens with zero attached hydrogens (tertiary/aromatic N) is 1. The molecule has 3 aromatic rings. The number of anilines is 1. The van der Waals surface area contributed by atoms with Gasteiger partial charge in [-0.15, -0.1) is 0 Å². The molecule has 1 heterocycles. The van der Waals surface area contributed by atoms with Crippen LogP contribution in [0.4, 0.5) is 5.69 Å². The highest BCUT2D eigenvalue weighted by Crippen LogP contribution is 2.34. The van der Waals surface area contributed by atoms with Gasteiger partial charge in [0.05, 0.1) is 12.8 Å². The molecule has 0 spiro atoms. The summed E-state index contributed by atoms with van der Waals surface area (Å²) in [6.07, 6.45) is 1.69. The second-order valence-corrected chi connectivity index (χ2v) is 4.92. The summed E-state index contributed by atoms with van der Waals surface area (Å²) in [5, 5.41) is 2.40. The lowest BCUT2D eigenvalue weighted by molar-refractivity contribution is 0.415. The molecule has 0 aliphatic carbocycles. The lowest BCUT2D eigenvalue weighted by Crippen LogP contribution is -1.94. The monoisotopic (exact) mass is 300 g/mol. The number of benzene rings is 2. The van der Waals surface area contributed by atoms with Crippen LogP contribution in [0.25, 0.3) is 10.8 Å². The number of hydrogen-bond acceptors (Lipinski definition) is 4. The van der Waals surface area contributed by atoms with E-state index in [1.165, 1.54) is 0 Å². The Morgan fingerprint density at radius 3 is 2.76 bits per heavy atom. The van der Waals surface area contributed by atoms with Gasteiger partial charge in [0.2, 0.25) is 5.88 Å². The minimum absolute atomic E-state index is 0.459. The molecular weight excluding hydrogens is 288 g/mol. The van der Waals surface area contributed by atoms with E-state index in [9.17, 15) is 0 Å². The Balaban J connectivity index is 2.09. The largest absolute Gasteiger partial charge is 0.497 e. The van der Waals surface area contributed by atoms with Crippen LogP contribution in [0.2, 0.25) is 5.02 Å². The summed E-state index contributed by atoms with van der Waals surface area (Å²) in [5.74, 6) is 1.67. The van der Waals surface area contributed by atoms with Crippen LogP contribution in [-0.2, 0) is 0 Å². The lowest BCUT2D eigenvalue weighted by atomic mass is 10.1. The molecule has 0 bridgehead atoms. The number of fused-ring (bicyclic) bond motifs is 1. The van der Waals surface area contributed by atoms with E-state index in [4.69, 9.17) is 26.8 Å². The number of ether oxygens (including phenoxy) is 2. The maximum absolute atomic E-state index is 5.97. The van der Waals surface area contributed by atoms with Crippen LogP contribution in [0.5, 0.6) is 17.4 Å². The second kappa shape index (κ2) is 5.50. The molecule has 2 N–H and O–H groups in total. The van der Waals surface area contributed by atoms with Crippen LogP contribution >= 0.6 is 11.6 Å². The topological polar surface area (TPSA) is 57.4 Å². The Morgan fingerprint density at radius 1 is 1.10 bits per heavy atom. The van der Waals surface area contributed by atoms with Crippen molar-refractivity contribution in [2.75, 3.05) is 12.8 Å². The number of rotatable bonds is 3. The highest BCUT2D eigenvalue weighted by Gasteiger charge is 2.09. The van der Waals surface area contributed by atoms with Crippen molar-refractivity contribution in [3.8, 4) is 17.4 Å². The summed E-state index contributed by atoms with van der Waals surface area (Å²) in [4.78, 5) is 4.27. The van der Waals surface area contributed by atoms with Crippen molar-refractivity contribution in [1.82, 2.24) is 4.98 Å². The Bertz CT molecular complexity index is 805. The molecule has 0 aliphatic heterocycles. The van der Waals surface area contributed by atoms with Gasteiger partial charge in [0.15, 0.2) is 5.75 Å². The molecule has 0 atom stereocenters. The molecule has 21 heavy (non-hydrogen) atoms. The second-order valence-electron chi connectivity index (χ2n) is 4.49. The average Bonchev–Trinajstić information content (AvgIpc) is 2.51. The van der Waals surface area contributed by atoms with Crippen LogP contribution in [-0.4, -0.2) is 12.1 Å². The standard InChI is InChI=1S/C16H13ClN2O2/c1-20-12-4-2-10-6-7-19-16(13(10)9-12)21-15-8-11(17)3-5-14(15)18/h2-9H,18H2,1H3. The molecule has 0 saturated carbocycles.